The van der Waals surface area contributed by atoms with Gasteiger partial charge >= 0.3 is 0 Å². The molecule has 0 aromatic carbocycles. The fourth-order valence-electron chi connectivity index (χ4n) is 1.02. The van der Waals surface area contributed by atoms with Gasteiger partial charge in [-0.15, -0.1) is 0 Å². The molecule has 14 heavy (non-hydrogen) atoms. The summed E-state index contributed by atoms with van der Waals surface area (Å²) in [7, 11) is 2.03. The van der Waals surface area contributed by atoms with E-state index in [0.29, 0.717) is 0 Å². The van der Waals surface area contributed by atoms with Gasteiger partial charge in [0.05, 0.1) is 0 Å². The van der Waals surface area contributed by atoms with Crippen molar-refractivity contribution in [3.63, 3.8) is 0 Å². The molecule has 0 saturated carbocycles. The van der Waals surface area contributed by atoms with Gasteiger partial charge in [-0.2, -0.15) is 0 Å². The lowest BCUT2D eigenvalue weighted by molar-refractivity contribution is 0.815. The van der Waals surface area contributed by atoms with E-state index in [1.54, 1.807) is 0 Å². The summed E-state index contributed by atoms with van der Waals surface area (Å²) in [6.07, 6.45) is 12.5. The molecule has 0 nitrogen and oxygen atoms in total. The Bertz CT molecular complexity index is 132. The van der Waals surface area contributed by atoms with Crippen molar-refractivity contribution in [1.29, 1.82) is 0 Å². The van der Waals surface area contributed by atoms with Crippen LogP contribution >= 0.6 is 16.5 Å². The maximum Gasteiger partial charge on any atom is -0.0347 e. The first kappa shape index (κ1) is 14.3. The molecule has 0 aliphatic carbocycles. The third-order valence-electron chi connectivity index (χ3n) is 1.93. The third-order valence-corrected chi connectivity index (χ3v) is 4.41. The van der Waals surface area contributed by atoms with E-state index in [2.05, 4.69) is 37.6 Å². The Labute approximate surface area is 93.1 Å². The van der Waals surface area contributed by atoms with Crippen LogP contribution in [0.5, 0.6) is 0 Å². The zero-order valence-electron chi connectivity index (χ0n) is 9.55. The molecule has 2 atom stereocenters. The maximum atomic E-state index is 2.36. The summed E-state index contributed by atoms with van der Waals surface area (Å²) in [4.78, 5) is 0. The van der Waals surface area contributed by atoms with Crippen LogP contribution < -0.4 is 0 Å². The fraction of sp³-hybridized carbons (Fsp3) is 0.667. The molecule has 2 unspecified atom stereocenters. The van der Waals surface area contributed by atoms with Gasteiger partial charge in [0.1, 0.15) is 0 Å². The number of unbranched alkanes of at least 4 members (excludes halogenated alkanes) is 4. The second-order valence-corrected chi connectivity index (χ2v) is 6.35. The molecule has 0 heterocycles. The van der Waals surface area contributed by atoms with Crippen molar-refractivity contribution < 1.29 is 0 Å². The van der Waals surface area contributed by atoms with Crippen molar-refractivity contribution in [1.82, 2.24) is 0 Å². The lowest BCUT2D eigenvalue weighted by Gasteiger charge is -1.91. The van der Waals surface area contributed by atoms with Gasteiger partial charge in [0.25, 0.3) is 0 Å². The van der Waals surface area contributed by atoms with Gasteiger partial charge in [-0.25, -0.2) is 0 Å². The van der Waals surface area contributed by atoms with Crippen LogP contribution in [0.15, 0.2) is 23.8 Å². The Hall–Kier alpha value is 0.340. The molecular formula is C12H24P2. The fourth-order valence-corrected chi connectivity index (χ4v) is 3.07. The molecule has 0 N–H and O–H groups in total. The van der Waals surface area contributed by atoms with E-state index >= 15 is 0 Å². The Morgan fingerprint density at radius 3 is 1.57 bits per heavy atom. The van der Waals surface area contributed by atoms with Crippen molar-refractivity contribution in [2.45, 2.75) is 52.4 Å². The van der Waals surface area contributed by atoms with E-state index < -0.39 is 0 Å². The number of rotatable bonds is 9. The first-order chi connectivity index (χ1) is 6.91. The van der Waals surface area contributed by atoms with Crippen LogP contribution in [0.2, 0.25) is 0 Å². The average molecular weight is 230 g/mol. The lowest BCUT2D eigenvalue weighted by Crippen LogP contribution is -1.64. The van der Waals surface area contributed by atoms with Gasteiger partial charge in [-0.05, 0) is 12.8 Å². The average Bonchev–Trinajstić information content (AvgIpc) is 2.21. The van der Waals surface area contributed by atoms with E-state index in [0.717, 1.165) is 16.5 Å². The third kappa shape index (κ3) is 12.3. The summed E-state index contributed by atoms with van der Waals surface area (Å²) in [5.74, 6) is 4.72. The lowest BCUT2D eigenvalue weighted by atomic mass is 10.2. The molecule has 0 aromatic rings. The summed E-state index contributed by atoms with van der Waals surface area (Å²) < 4.78 is 0. The Balaban J connectivity index is 3.11. The summed E-state index contributed by atoms with van der Waals surface area (Å²) in [6.45, 7) is 4.49. The zero-order valence-corrected chi connectivity index (χ0v) is 11.6. The largest absolute Gasteiger partial charge is 0.0840 e. The highest BCUT2D eigenvalue weighted by Crippen LogP contribution is 2.39. The van der Waals surface area contributed by atoms with Crippen molar-refractivity contribution >= 4 is 16.5 Å². The summed E-state index contributed by atoms with van der Waals surface area (Å²) in [5.41, 5.74) is 0. The highest BCUT2D eigenvalue weighted by Gasteiger charge is 1.80. The molecular weight excluding hydrogens is 206 g/mol. The molecule has 0 aliphatic rings. The summed E-state index contributed by atoms with van der Waals surface area (Å²) >= 11 is 0. The number of hydrogen-bond acceptors (Lipinski definition) is 0. The zero-order chi connectivity index (χ0) is 10.5. The quantitative estimate of drug-likeness (QED) is 0.354. The van der Waals surface area contributed by atoms with E-state index in [4.69, 9.17) is 0 Å². The predicted octanol–water partition coefficient (Wildman–Crippen LogP) is 5.67. The minimum absolute atomic E-state index is 1.02. The highest BCUT2D eigenvalue weighted by atomic mass is 32.0. The predicted molar refractivity (Wildman–Crippen MR) is 74.0 cm³/mol. The van der Waals surface area contributed by atoms with Crippen LogP contribution in [-0.2, 0) is 0 Å². The second kappa shape index (κ2) is 13.3. The normalized spacial score (nSPS) is 13.6. The molecule has 0 fully saturated rings. The first-order valence-electron chi connectivity index (χ1n) is 5.72. The maximum absolute atomic E-state index is 2.36. The van der Waals surface area contributed by atoms with Crippen molar-refractivity contribution in [3.05, 3.63) is 23.8 Å². The Kier molecular flexibility index (Phi) is 13.7. The minimum atomic E-state index is 1.02. The molecule has 0 aromatic heterocycles. The topological polar surface area (TPSA) is 0 Å². The van der Waals surface area contributed by atoms with Crippen LogP contribution in [0.4, 0.5) is 0 Å². The molecule has 2 heteroatoms. The standard InChI is InChI=1S/C12H24P2/c1-3-5-7-9-11-13-14-12-10-8-6-4-2/h9-14H,3-8H2,1-2H3/b11-9+,12-10+. The van der Waals surface area contributed by atoms with E-state index in [1.165, 1.54) is 38.5 Å². The molecule has 0 rings (SSSR count). The van der Waals surface area contributed by atoms with Crippen LogP contribution in [0, 0.1) is 0 Å². The van der Waals surface area contributed by atoms with E-state index in [-0.39, 0.29) is 0 Å². The summed E-state index contributed by atoms with van der Waals surface area (Å²) in [5, 5.41) is 0. The van der Waals surface area contributed by atoms with Gasteiger partial charge in [-0.3, -0.25) is 0 Å². The van der Waals surface area contributed by atoms with E-state index in [1.807, 2.05) is 0 Å². The van der Waals surface area contributed by atoms with Gasteiger partial charge in [0, 0.05) is 0 Å². The smallest absolute Gasteiger partial charge is 0.0347 e. The summed E-state index contributed by atoms with van der Waals surface area (Å²) in [6, 6.07) is 0. The molecule has 0 spiro atoms. The monoisotopic (exact) mass is 230 g/mol. The molecule has 0 aliphatic heterocycles. The van der Waals surface area contributed by atoms with Gasteiger partial charge < -0.3 is 0 Å². The highest BCUT2D eigenvalue weighted by molar-refractivity contribution is 8.14. The van der Waals surface area contributed by atoms with Crippen LogP contribution in [-0.4, -0.2) is 0 Å². The van der Waals surface area contributed by atoms with Gasteiger partial charge in [-0.1, -0.05) is 79.9 Å². The van der Waals surface area contributed by atoms with Crippen LogP contribution in [0.1, 0.15) is 52.4 Å². The van der Waals surface area contributed by atoms with Crippen LogP contribution in [0.25, 0.3) is 0 Å². The SMILES string of the molecule is CCCC/C=C/PP/C=C/CCCC. The second-order valence-electron chi connectivity index (χ2n) is 3.38. The number of hydrogen-bond donors (Lipinski definition) is 0. The Morgan fingerprint density at radius 1 is 0.786 bits per heavy atom. The molecule has 0 amide bonds. The molecule has 82 valence electrons. The minimum Gasteiger partial charge on any atom is -0.0840 e. The van der Waals surface area contributed by atoms with E-state index in [9.17, 15) is 0 Å². The van der Waals surface area contributed by atoms with Gasteiger partial charge in [0.15, 0.2) is 0 Å². The van der Waals surface area contributed by atoms with Crippen molar-refractivity contribution in [2.75, 3.05) is 0 Å². The molecule has 0 saturated heterocycles. The van der Waals surface area contributed by atoms with Gasteiger partial charge in [0.2, 0.25) is 0 Å². The molecule has 0 radical (unpaired) electrons. The first-order valence-corrected chi connectivity index (χ1v) is 8.88. The van der Waals surface area contributed by atoms with Crippen molar-refractivity contribution in [3.8, 4) is 0 Å². The Morgan fingerprint density at radius 2 is 1.21 bits per heavy atom. The van der Waals surface area contributed by atoms with Crippen LogP contribution in [0.3, 0.4) is 0 Å². The number of allylic oxidation sites excluding steroid dienone is 2. The molecule has 0 bridgehead atoms. The van der Waals surface area contributed by atoms with Crippen molar-refractivity contribution in [2.24, 2.45) is 0 Å².